The summed E-state index contributed by atoms with van der Waals surface area (Å²) in [6.07, 6.45) is 9.15. The van der Waals surface area contributed by atoms with Gasteiger partial charge >= 0.3 is 0 Å². The van der Waals surface area contributed by atoms with Crippen molar-refractivity contribution in [1.29, 1.82) is 0 Å². The molecule has 0 unspecified atom stereocenters. The number of hydrogen-bond acceptors (Lipinski definition) is 5. The zero-order valence-corrected chi connectivity index (χ0v) is 24.0. The normalized spacial score (nSPS) is 12.6. The van der Waals surface area contributed by atoms with E-state index in [9.17, 15) is 9.59 Å². The van der Waals surface area contributed by atoms with Crippen molar-refractivity contribution in [1.82, 2.24) is 25.0 Å². The average molecular weight is 533 g/mol. The van der Waals surface area contributed by atoms with E-state index in [2.05, 4.69) is 36.4 Å². The van der Waals surface area contributed by atoms with Crippen LogP contribution in [0.1, 0.15) is 57.5 Å². The number of nitrogens with zero attached hydrogens (tertiary/aromatic N) is 4. The van der Waals surface area contributed by atoms with Crippen LogP contribution in [0.5, 0.6) is 0 Å². The van der Waals surface area contributed by atoms with Crippen LogP contribution in [0.25, 0.3) is 17.0 Å². The molecule has 2 heterocycles. The minimum absolute atomic E-state index is 0.111. The van der Waals surface area contributed by atoms with Gasteiger partial charge in [-0.3, -0.25) is 19.3 Å². The van der Waals surface area contributed by atoms with Gasteiger partial charge in [0.05, 0.1) is 42.2 Å². The summed E-state index contributed by atoms with van der Waals surface area (Å²) in [6.45, 7) is 12.9. The van der Waals surface area contributed by atoms with Crippen LogP contribution in [-0.2, 0) is 21.6 Å². The molecule has 3 rings (SSSR count). The van der Waals surface area contributed by atoms with Crippen molar-refractivity contribution in [3.8, 4) is 11.3 Å². The maximum Gasteiger partial charge on any atom is 0.253 e. The molecular weight excluding hydrogens is 492 g/mol. The first-order chi connectivity index (χ1) is 18.4. The van der Waals surface area contributed by atoms with Gasteiger partial charge in [-0.15, -0.1) is 0 Å². The summed E-state index contributed by atoms with van der Waals surface area (Å²) in [4.78, 5) is 29.1. The van der Waals surface area contributed by atoms with Crippen molar-refractivity contribution in [3.05, 3.63) is 72.2 Å². The van der Waals surface area contributed by atoms with E-state index in [0.717, 1.165) is 22.5 Å². The number of hydrogen-bond donors (Lipinski definition) is 2. The average Bonchev–Trinajstić information content (AvgIpc) is 3.57. The zero-order valence-electron chi connectivity index (χ0n) is 24.0. The van der Waals surface area contributed by atoms with E-state index in [4.69, 9.17) is 9.84 Å². The van der Waals surface area contributed by atoms with Gasteiger partial charge in [0.15, 0.2) is 0 Å². The fraction of sp³-hybridized carbons (Fsp3) is 0.400. The number of nitrogens with one attached hydrogen (secondary N) is 2. The molecule has 0 aliphatic heterocycles. The van der Waals surface area contributed by atoms with Crippen LogP contribution in [0, 0.1) is 0 Å². The predicted octanol–water partition coefficient (Wildman–Crippen LogP) is 4.51. The van der Waals surface area contributed by atoms with Crippen LogP contribution >= 0.6 is 0 Å². The summed E-state index contributed by atoms with van der Waals surface area (Å²) in [6, 6.07) is 11.7. The molecule has 0 saturated heterocycles. The van der Waals surface area contributed by atoms with Crippen LogP contribution in [0.3, 0.4) is 0 Å². The first-order valence-electron chi connectivity index (χ1n) is 13.0. The van der Waals surface area contributed by atoms with Crippen LogP contribution in [0.4, 0.5) is 0 Å². The number of carbonyl (C=O) groups excluding carboxylic acids is 2. The molecule has 0 spiro atoms. The lowest BCUT2D eigenvalue weighted by Crippen LogP contribution is -2.37. The lowest BCUT2D eigenvalue weighted by atomic mass is 10.1. The Bertz CT molecular complexity index is 1340. The van der Waals surface area contributed by atoms with E-state index >= 15 is 0 Å². The fourth-order valence-electron chi connectivity index (χ4n) is 3.79. The van der Waals surface area contributed by atoms with E-state index in [1.165, 1.54) is 0 Å². The number of ether oxygens (including phenoxy) is 1. The Morgan fingerprint density at radius 2 is 1.82 bits per heavy atom. The Morgan fingerprint density at radius 1 is 1.05 bits per heavy atom. The largest absolute Gasteiger partial charge is 0.377 e. The lowest BCUT2D eigenvalue weighted by Gasteiger charge is -2.22. The quantitative estimate of drug-likeness (QED) is 0.355. The van der Waals surface area contributed by atoms with Gasteiger partial charge in [-0.25, -0.2) is 0 Å². The molecule has 0 fully saturated rings. The van der Waals surface area contributed by atoms with Gasteiger partial charge in [0, 0.05) is 48.6 Å². The van der Waals surface area contributed by atoms with Crippen LogP contribution in [0.15, 0.2) is 66.1 Å². The van der Waals surface area contributed by atoms with E-state index in [1.807, 2.05) is 78.8 Å². The number of benzene rings is 1. The molecule has 39 heavy (non-hydrogen) atoms. The Morgan fingerprint density at radius 3 is 2.49 bits per heavy atom. The molecule has 1 aromatic carbocycles. The molecule has 0 aliphatic carbocycles. The first kappa shape index (κ1) is 29.6. The topological polar surface area (TPSA) is 103 Å². The zero-order chi connectivity index (χ0) is 28.6. The Kier molecular flexibility index (Phi) is 9.64. The molecule has 0 saturated carbocycles. The maximum absolute atomic E-state index is 12.4. The van der Waals surface area contributed by atoms with E-state index in [-0.39, 0.29) is 36.0 Å². The number of carbonyl (C=O) groups is 2. The third kappa shape index (κ3) is 8.51. The SMILES string of the molecule is C/C=C(\N=CCNC(=O)CNC(=O)c1ccn(C(C)(C)C)c1)c1cccc(-c2ccn(CC(C)(C)OC)n2)c1. The number of allylic oxidation sites excluding steroid dienone is 1. The van der Waals surface area contributed by atoms with Gasteiger partial charge in [0.25, 0.3) is 5.91 Å². The molecule has 208 valence electrons. The number of aliphatic imine (C=N–C) groups is 1. The van der Waals surface area contributed by atoms with E-state index < -0.39 is 0 Å². The third-order valence-corrected chi connectivity index (χ3v) is 6.22. The van der Waals surface area contributed by atoms with Gasteiger partial charge in [-0.05, 0) is 59.7 Å². The van der Waals surface area contributed by atoms with Crippen LogP contribution < -0.4 is 10.6 Å². The summed E-state index contributed by atoms with van der Waals surface area (Å²) in [5.74, 6) is -0.577. The van der Waals surface area contributed by atoms with Gasteiger partial charge in [-0.1, -0.05) is 24.3 Å². The summed E-state index contributed by atoms with van der Waals surface area (Å²) < 4.78 is 9.35. The minimum atomic E-state index is -0.308. The number of amides is 2. The molecule has 0 aliphatic rings. The second-order valence-electron chi connectivity index (χ2n) is 10.9. The van der Waals surface area contributed by atoms with Gasteiger partial charge in [0.2, 0.25) is 5.91 Å². The maximum atomic E-state index is 12.4. The van der Waals surface area contributed by atoms with Crippen molar-refractivity contribution in [2.75, 3.05) is 20.2 Å². The smallest absolute Gasteiger partial charge is 0.253 e. The summed E-state index contributed by atoms with van der Waals surface area (Å²) in [5, 5.41) is 10.1. The molecule has 2 amide bonds. The molecule has 0 radical (unpaired) electrons. The van der Waals surface area contributed by atoms with Crippen LogP contribution in [-0.4, -0.2) is 58.2 Å². The molecular formula is C30H40N6O3. The van der Waals surface area contributed by atoms with E-state index in [1.54, 1.807) is 25.6 Å². The molecule has 9 nitrogen and oxygen atoms in total. The summed E-state index contributed by atoms with van der Waals surface area (Å²) >= 11 is 0. The Balaban J connectivity index is 1.52. The number of rotatable bonds is 11. The first-order valence-corrected chi connectivity index (χ1v) is 13.0. The highest BCUT2D eigenvalue weighted by atomic mass is 16.5. The predicted molar refractivity (Wildman–Crippen MR) is 156 cm³/mol. The number of methoxy groups -OCH3 is 1. The monoisotopic (exact) mass is 532 g/mol. The third-order valence-electron chi connectivity index (χ3n) is 6.22. The molecule has 3 aromatic rings. The second kappa shape index (κ2) is 12.7. The van der Waals surface area contributed by atoms with Crippen molar-refractivity contribution >= 4 is 23.7 Å². The number of aromatic nitrogens is 3. The van der Waals surface area contributed by atoms with Gasteiger partial charge < -0.3 is 19.9 Å². The van der Waals surface area contributed by atoms with Gasteiger partial charge in [0.1, 0.15) is 0 Å². The highest BCUT2D eigenvalue weighted by Crippen LogP contribution is 2.24. The molecule has 2 N–H and O–H groups in total. The van der Waals surface area contributed by atoms with E-state index in [0.29, 0.717) is 12.1 Å². The van der Waals surface area contributed by atoms with Crippen molar-refractivity contribution in [2.24, 2.45) is 4.99 Å². The minimum Gasteiger partial charge on any atom is -0.377 e. The molecule has 0 bridgehead atoms. The van der Waals surface area contributed by atoms with Crippen LogP contribution in [0.2, 0.25) is 0 Å². The summed E-state index contributed by atoms with van der Waals surface area (Å²) in [7, 11) is 1.70. The highest BCUT2D eigenvalue weighted by Gasteiger charge is 2.18. The molecule has 2 aromatic heterocycles. The Hall–Kier alpha value is -3.98. The lowest BCUT2D eigenvalue weighted by molar-refractivity contribution is -0.119. The fourth-order valence-corrected chi connectivity index (χ4v) is 3.79. The molecule has 9 heteroatoms. The van der Waals surface area contributed by atoms with Gasteiger partial charge in [-0.2, -0.15) is 5.10 Å². The van der Waals surface area contributed by atoms with Crippen molar-refractivity contribution < 1.29 is 14.3 Å². The standard InChI is InChI=1S/C30H40N6O3/c1-8-25(22-10-9-11-23(18-22)26-13-17-36(34-26)21-30(5,6)39-7)31-14-15-32-27(37)19-33-28(38)24-12-16-35(20-24)29(2,3)4/h8-14,16-18,20H,15,19,21H2,1-7H3,(H,32,37)(H,33,38)/b25-8-,31-14?. The highest BCUT2D eigenvalue weighted by molar-refractivity contribution is 5.96. The van der Waals surface area contributed by atoms with Crippen molar-refractivity contribution in [2.45, 2.75) is 59.2 Å². The summed E-state index contributed by atoms with van der Waals surface area (Å²) in [5.41, 5.74) is 3.67. The Labute approximate surface area is 231 Å². The van der Waals surface area contributed by atoms with Crippen molar-refractivity contribution in [3.63, 3.8) is 0 Å². The molecule has 0 atom stereocenters. The second-order valence-corrected chi connectivity index (χ2v) is 10.9.